The van der Waals surface area contributed by atoms with Crippen LogP contribution in [0.15, 0.2) is 0 Å². The maximum Gasteiger partial charge on any atom is 0.340 e. The number of amides is 1. The summed E-state index contributed by atoms with van der Waals surface area (Å²) in [6, 6.07) is 0. The minimum atomic E-state index is -3.42. The number of hydrogen-bond acceptors (Lipinski definition) is 4. The van der Waals surface area contributed by atoms with Gasteiger partial charge in [0, 0.05) is 13.1 Å². The highest BCUT2D eigenvalue weighted by molar-refractivity contribution is 7.54. The highest BCUT2D eigenvalue weighted by Gasteiger charge is 2.33. The van der Waals surface area contributed by atoms with Crippen molar-refractivity contribution in [3.8, 4) is 0 Å². The molecule has 6 heteroatoms. The third-order valence-corrected chi connectivity index (χ3v) is 7.63. The van der Waals surface area contributed by atoms with Crippen LogP contribution < -0.4 is 0 Å². The molecule has 1 amide bonds. The average Bonchev–Trinajstić information content (AvgIpc) is 3.23. The maximum atomic E-state index is 13.5. The number of carbonyl (C=O) groups excluding carboxylic acids is 1. The van der Waals surface area contributed by atoms with Gasteiger partial charge in [-0.05, 0) is 37.5 Å². The molecule has 166 valence electrons. The van der Waals surface area contributed by atoms with Crippen LogP contribution in [-0.2, 0) is 18.4 Å². The molecular weight excluding hydrogens is 373 g/mol. The van der Waals surface area contributed by atoms with Crippen LogP contribution in [0.3, 0.4) is 0 Å². The van der Waals surface area contributed by atoms with Crippen molar-refractivity contribution in [3.05, 3.63) is 0 Å². The Bertz CT molecular complexity index is 441. The molecule has 1 aliphatic heterocycles. The van der Waals surface area contributed by atoms with Crippen LogP contribution in [0.1, 0.15) is 91.9 Å². The molecule has 28 heavy (non-hydrogen) atoms. The van der Waals surface area contributed by atoms with Gasteiger partial charge in [0.05, 0.1) is 13.2 Å². The van der Waals surface area contributed by atoms with Gasteiger partial charge < -0.3 is 13.9 Å². The number of carbonyl (C=O) groups is 1. The van der Waals surface area contributed by atoms with E-state index < -0.39 is 7.60 Å². The molecule has 2 atom stereocenters. The van der Waals surface area contributed by atoms with E-state index in [0.717, 1.165) is 77.3 Å². The molecule has 1 rings (SSSR count). The fraction of sp³-hybridized carbons (Fsp3) is 0.955. The Kier molecular flexibility index (Phi) is 13.4. The third kappa shape index (κ3) is 9.89. The van der Waals surface area contributed by atoms with Crippen molar-refractivity contribution < 1.29 is 18.4 Å². The van der Waals surface area contributed by atoms with Crippen molar-refractivity contribution in [1.82, 2.24) is 4.90 Å². The summed E-state index contributed by atoms with van der Waals surface area (Å²) in [5.41, 5.74) is 0. The molecule has 1 fully saturated rings. The van der Waals surface area contributed by atoms with Crippen molar-refractivity contribution in [2.24, 2.45) is 11.8 Å². The van der Waals surface area contributed by atoms with Gasteiger partial charge in [0.1, 0.15) is 6.16 Å². The van der Waals surface area contributed by atoms with E-state index in [9.17, 15) is 9.36 Å². The van der Waals surface area contributed by atoms with Gasteiger partial charge >= 0.3 is 7.60 Å². The molecule has 0 aliphatic carbocycles. The monoisotopic (exact) mass is 417 g/mol. The second-order valence-electron chi connectivity index (χ2n) is 8.28. The van der Waals surface area contributed by atoms with Crippen molar-refractivity contribution in [2.45, 2.75) is 91.9 Å². The summed E-state index contributed by atoms with van der Waals surface area (Å²) in [6.45, 7) is 11.0. The third-order valence-electron chi connectivity index (χ3n) is 5.89. The summed E-state index contributed by atoms with van der Waals surface area (Å²) >= 11 is 0. The number of likely N-dealkylation sites (tertiary alicyclic amines) is 1. The molecular formula is C22H44NO4P. The lowest BCUT2D eigenvalue weighted by molar-refractivity contribution is -0.127. The number of nitrogens with zero attached hydrogens (tertiary/aromatic N) is 1. The lowest BCUT2D eigenvalue weighted by atomic mass is 10.0. The zero-order valence-electron chi connectivity index (χ0n) is 18.8. The predicted molar refractivity (Wildman–Crippen MR) is 117 cm³/mol. The summed E-state index contributed by atoms with van der Waals surface area (Å²) in [7, 11) is -3.42. The molecule has 0 spiro atoms. The van der Waals surface area contributed by atoms with E-state index in [4.69, 9.17) is 9.05 Å². The first kappa shape index (κ1) is 25.7. The van der Waals surface area contributed by atoms with Gasteiger partial charge in [-0.3, -0.25) is 9.36 Å². The number of rotatable bonds is 16. The molecule has 1 aliphatic rings. The lowest BCUT2D eigenvalue weighted by Crippen LogP contribution is -2.31. The number of hydrogen-bond donors (Lipinski definition) is 0. The van der Waals surface area contributed by atoms with Gasteiger partial charge in [-0.15, -0.1) is 0 Å². The molecule has 0 aromatic rings. The van der Waals surface area contributed by atoms with Crippen molar-refractivity contribution >= 4 is 13.5 Å². The second kappa shape index (κ2) is 14.6. The zero-order valence-corrected chi connectivity index (χ0v) is 19.7. The summed E-state index contributed by atoms with van der Waals surface area (Å²) in [4.78, 5) is 14.4. The van der Waals surface area contributed by atoms with Crippen LogP contribution in [0.5, 0.6) is 0 Å². The highest BCUT2D eigenvalue weighted by Crippen LogP contribution is 2.49. The predicted octanol–water partition coefficient (Wildman–Crippen LogP) is 6.27. The maximum absolute atomic E-state index is 13.5. The van der Waals surface area contributed by atoms with Crippen molar-refractivity contribution in [2.75, 3.05) is 32.5 Å². The molecule has 0 N–H and O–H groups in total. The van der Waals surface area contributed by atoms with E-state index in [-0.39, 0.29) is 12.1 Å². The summed E-state index contributed by atoms with van der Waals surface area (Å²) in [5.74, 6) is 0.672. The molecule has 1 heterocycles. The van der Waals surface area contributed by atoms with Gasteiger partial charge in [0.2, 0.25) is 5.91 Å². The highest BCUT2D eigenvalue weighted by atomic mass is 31.2. The number of unbranched alkanes of at least 4 members (excludes halogenated alkanes) is 2. The van der Waals surface area contributed by atoms with E-state index in [1.165, 1.54) is 0 Å². The van der Waals surface area contributed by atoms with E-state index in [2.05, 4.69) is 27.7 Å². The van der Waals surface area contributed by atoms with Crippen LogP contribution >= 0.6 is 7.60 Å². The zero-order chi connectivity index (χ0) is 20.8. The fourth-order valence-corrected chi connectivity index (χ4v) is 5.26. The van der Waals surface area contributed by atoms with Gasteiger partial charge in [-0.1, -0.05) is 66.2 Å². The largest absolute Gasteiger partial charge is 0.342 e. The smallest absolute Gasteiger partial charge is 0.340 e. The Morgan fingerprint density at radius 3 is 1.75 bits per heavy atom. The average molecular weight is 418 g/mol. The molecule has 0 aromatic carbocycles. The van der Waals surface area contributed by atoms with Crippen LogP contribution in [0, 0.1) is 11.8 Å². The minimum Gasteiger partial charge on any atom is -0.342 e. The quantitative estimate of drug-likeness (QED) is 0.278. The van der Waals surface area contributed by atoms with Crippen molar-refractivity contribution in [3.63, 3.8) is 0 Å². The lowest BCUT2D eigenvalue weighted by Gasteiger charge is -2.25. The summed E-state index contributed by atoms with van der Waals surface area (Å²) < 4.78 is 25.3. The molecule has 0 aromatic heterocycles. The fourth-order valence-electron chi connectivity index (χ4n) is 3.59. The molecule has 0 radical (unpaired) electrons. The second-order valence-corrected chi connectivity index (χ2v) is 10.3. The topological polar surface area (TPSA) is 55.8 Å². The van der Waals surface area contributed by atoms with Gasteiger partial charge in [0.25, 0.3) is 0 Å². The van der Waals surface area contributed by atoms with E-state index in [1.54, 1.807) is 0 Å². The van der Waals surface area contributed by atoms with Crippen LogP contribution in [-0.4, -0.2) is 43.3 Å². The van der Waals surface area contributed by atoms with Gasteiger partial charge in [0.15, 0.2) is 0 Å². The molecule has 0 bridgehead atoms. The van der Waals surface area contributed by atoms with E-state index in [1.807, 2.05) is 4.90 Å². The Hall–Kier alpha value is -0.380. The van der Waals surface area contributed by atoms with E-state index >= 15 is 0 Å². The van der Waals surface area contributed by atoms with Crippen molar-refractivity contribution in [1.29, 1.82) is 0 Å². The van der Waals surface area contributed by atoms with Crippen LogP contribution in [0.4, 0.5) is 0 Å². The molecule has 5 nitrogen and oxygen atoms in total. The van der Waals surface area contributed by atoms with Crippen LogP contribution in [0.25, 0.3) is 0 Å². The minimum absolute atomic E-state index is 0.0796. The Morgan fingerprint density at radius 1 is 0.893 bits per heavy atom. The van der Waals surface area contributed by atoms with E-state index in [0.29, 0.717) is 25.0 Å². The first-order valence-corrected chi connectivity index (χ1v) is 13.4. The van der Waals surface area contributed by atoms with Crippen LogP contribution in [0.2, 0.25) is 0 Å². The SMILES string of the molecule is CCCCC(CC)COP(=O)(CC(=O)N1CCCC1)OCC(CC)CCCC. The molecule has 0 saturated carbocycles. The van der Waals surface area contributed by atoms with Gasteiger partial charge in [-0.2, -0.15) is 0 Å². The molecule has 2 unspecified atom stereocenters. The molecule has 1 saturated heterocycles. The van der Waals surface area contributed by atoms with Gasteiger partial charge in [-0.25, -0.2) is 0 Å². The Balaban J connectivity index is 2.70. The standard InChI is InChI=1S/C22H44NO4P/c1-5-9-13-20(7-3)17-26-28(25,19-22(24)23-15-11-12-16-23)27-18-21(8-4)14-10-6-2/h20-21H,5-19H2,1-4H3. The normalized spacial score (nSPS) is 18.8. The summed E-state index contributed by atoms with van der Waals surface area (Å²) in [6.07, 6.45) is 10.7. The first-order chi connectivity index (χ1) is 13.5. The summed E-state index contributed by atoms with van der Waals surface area (Å²) in [5, 5.41) is 0. The first-order valence-electron chi connectivity index (χ1n) is 11.6. The Morgan fingerprint density at radius 2 is 1.36 bits per heavy atom. The Labute approximate surface area is 173 Å².